The number of rotatable bonds is 5. The normalized spacial score (nSPS) is 12.7. The molecule has 0 rings (SSSR count). The first-order valence-electron chi connectivity index (χ1n) is 4.14. The molecular weight excluding hydrogens is 152 g/mol. The highest BCUT2D eigenvalue weighted by Crippen LogP contribution is 2.09. The Morgan fingerprint density at radius 3 is 2.17 bits per heavy atom. The first kappa shape index (κ1) is 11.1. The van der Waals surface area contributed by atoms with Crippen LogP contribution in [0.3, 0.4) is 0 Å². The maximum Gasteiger partial charge on any atom is 0.136 e. The average Bonchev–Trinajstić information content (AvgIpc) is 2.01. The lowest BCUT2D eigenvalue weighted by molar-refractivity contribution is -0.00221. The Morgan fingerprint density at radius 1 is 1.08 bits per heavy atom. The van der Waals surface area contributed by atoms with Gasteiger partial charge in [0.1, 0.15) is 12.2 Å². The molecule has 0 fully saturated rings. The van der Waals surface area contributed by atoms with Crippen LogP contribution in [0.5, 0.6) is 0 Å². The maximum absolute atomic E-state index is 5.39. The minimum atomic E-state index is -0.258. The summed E-state index contributed by atoms with van der Waals surface area (Å²) in [6.45, 7) is 8.36. The molecule has 0 aromatic carbocycles. The summed E-state index contributed by atoms with van der Waals surface area (Å²) in [5.41, 5.74) is -0.258. The molecule has 0 saturated heterocycles. The zero-order valence-electron chi connectivity index (χ0n) is 8.33. The van der Waals surface area contributed by atoms with Gasteiger partial charge in [-0.3, -0.25) is 0 Å². The molecule has 0 spiro atoms. The summed E-state index contributed by atoms with van der Waals surface area (Å²) >= 11 is 0. The van der Waals surface area contributed by atoms with Crippen LogP contribution >= 0.6 is 0 Å². The van der Waals surface area contributed by atoms with Gasteiger partial charge < -0.3 is 9.47 Å². The third kappa shape index (κ3) is 5.83. The lowest BCUT2D eigenvalue weighted by Crippen LogP contribution is -2.27. The van der Waals surface area contributed by atoms with E-state index in [4.69, 9.17) is 9.47 Å². The van der Waals surface area contributed by atoms with E-state index >= 15 is 0 Å². The first-order valence-corrected chi connectivity index (χ1v) is 4.14. The topological polar surface area (TPSA) is 18.5 Å². The highest BCUT2D eigenvalue weighted by atomic mass is 16.5. The number of hydrogen-bond acceptors (Lipinski definition) is 2. The van der Waals surface area contributed by atoms with Crippen LogP contribution in [0.15, 0.2) is 24.7 Å². The third-order valence-electron chi connectivity index (χ3n) is 1.19. The molecule has 0 bridgehead atoms. The predicted octanol–water partition coefficient (Wildman–Crippen LogP) is 2.87. The molecule has 0 heterocycles. The van der Waals surface area contributed by atoms with Gasteiger partial charge in [-0.25, -0.2) is 0 Å². The Morgan fingerprint density at radius 2 is 1.67 bits per heavy atom. The van der Waals surface area contributed by atoms with Crippen LogP contribution in [0.25, 0.3) is 0 Å². The van der Waals surface area contributed by atoms with Crippen molar-refractivity contribution in [1.29, 1.82) is 0 Å². The van der Waals surface area contributed by atoms with Crippen molar-refractivity contribution < 1.29 is 9.47 Å². The molecule has 70 valence electrons. The van der Waals surface area contributed by atoms with Crippen LogP contribution in [0.2, 0.25) is 0 Å². The Bertz CT molecular complexity index is 157. The average molecular weight is 170 g/mol. The summed E-state index contributed by atoms with van der Waals surface area (Å²) in [5.74, 6) is 0. The first-order chi connectivity index (χ1) is 5.62. The summed E-state index contributed by atoms with van der Waals surface area (Å²) in [4.78, 5) is 0. The van der Waals surface area contributed by atoms with E-state index < -0.39 is 0 Å². The van der Waals surface area contributed by atoms with Gasteiger partial charge in [-0.15, -0.1) is 0 Å². The van der Waals surface area contributed by atoms with Gasteiger partial charge in [0.2, 0.25) is 0 Å². The minimum Gasteiger partial charge on any atom is -0.497 e. The molecule has 0 radical (unpaired) electrons. The Hall–Kier alpha value is -0.920. The number of hydrogen-bond donors (Lipinski definition) is 0. The second-order valence-corrected chi connectivity index (χ2v) is 3.13. The fourth-order valence-corrected chi connectivity index (χ4v) is 0.631. The van der Waals surface area contributed by atoms with Crippen LogP contribution in [-0.4, -0.2) is 12.2 Å². The molecule has 0 saturated carbocycles. The van der Waals surface area contributed by atoms with Crippen LogP contribution in [0, 0.1) is 0 Å². The van der Waals surface area contributed by atoms with Crippen LogP contribution < -0.4 is 0 Å². The van der Waals surface area contributed by atoms with E-state index in [9.17, 15) is 0 Å². The molecule has 0 aliphatic heterocycles. The molecule has 0 aromatic heterocycles. The second kappa shape index (κ2) is 5.70. The summed E-state index contributed by atoms with van der Waals surface area (Å²) in [7, 11) is 0. The number of allylic oxidation sites excluding steroid dienone is 2. The highest BCUT2D eigenvalue weighted by Gasteiger charge is 2.17. The van der Waals surface area contributed by atoms with Crippen molar-refractivity contribution in [2.24, 2.45) is 0 Å². The SMILES string of the molecule is CC=COCC(C)(C)OC=CC. The summed E-state index contributed by atoms with van der Waals surface area (Å²) in [6, 6.07) is 0. The van der Waals surface area contributed by atoms with Gasteiger partial charge in [-0.1, -0.05) is 12.2 Å². The highest BCUT2D eigenvalue weighted by molar-refractivity contribution is 4.77. The summed E-state index contributed by atoms with van der Waals surface area (Å²) in [6.07, 6.45) is 7.06. The van der Waals surface area contributed by atoms with Gasteiger partial charge in [-0.2, -0.15) is 0 Å². The van der Waals surface area contributed by atoms with Crippen LogP contribution in [0.4, 0.5) is 0 Å². The van der Waals surface area contributed by atoms with Gasteiger partial charge in [0, 0.05) is 0 Å². The van der Waals surface area contributed by atoms with E-state index in [1.54, 1.807) is 12.5 Å². The van der Waals surface area contributed by atoms with Crippen molar-refractivity contribution in [2.45, 2.75) is 33.3 Å². The third-order valence-corrected chi connectivity index (χ3v) is 1.19. The van der Waals surface area contributed by atoms with Gasteiger partial charge in [0.15, 0.2) is 0 Å². The van der Waals surface area contributed by atoms with Crippen molar-refractivity contribution in [3.8, 4) is 0 Å². The van der Waals surface area contributed by atoms with E-state index in [1.165, 1.54) is 0 Å². The van der Waals surface area contributed by atoms with Crippen molar-refractivity contribution in [1.82, 2.24) is 0 Å². The summed E-state index contributed by atoms with van der Waals surface area (Å²) in [5, 5.41) is 0. The Labute approximate surface area is 74.9 Å². The van der Waals surface area contributed by atoms with E-state index in [2.05, 4.69) is 0 Å². The lowest BCUT2D eigenvalue weighted by Gasteiger charge is -2.23. The molecule has 0 aliphatic rings. The molecule has 0 atom stereocenters. The van der Waals surface area contributed by atoms with E-state index in [-0.39, 0.29) is 5.60 Å². The lowest BCUT2D eigenvalue weighted by atomic mass is 10.1. The molecule has 2 heteroatoms. The summed E-state index contributed by atoms with van der Waals surface area (Å²) < 4.78 is 10.6. The largest absolute Gasteiger partial charge is 0.497 e. The number of ether oxygens (including phenoxy) is 2. The smallest absolute Gasteiger partial charge is 0.136 e. The van der Waals surface area contributed by atoms with Gasteiger partial charge in [-0.05, 0) is 27.7 Å². The molecule has 0 N–H and O–H groups in total. The molecule has 0 aromatic rings. The molecule has 12 heavy (non-hydrogen) atoms. The molecule has 0 amide bonds. The van der Waals surface area contributed by atoms with Crippen molar-refractivity contribution in [3.05, 3.63) is 24.7 Å². The van der Waals surface area contributed by atoms with Crippen LogP contribution in [-0.2, 0) is 9.47 Å². The van der Waals surface area contributed by atoms with Gasteiger partial charge in [0.25, 0.3) is 0 Å². The van der Waals surface area contributed by atoms with E-state index in [1.807, 2.05) is 39.8 Å². The molecule has 2 nitrogen and oxygen atoms in total. The van der Waals surface area contributed by atoms with E-state index in [0.717, 1.165) is 0 Å². The quantitative estimate of drug-likeness (QED) is 0.591. The molecule has 0 aliphatic carbocycles. The van der Waals surface area contributed by atoms with Gasteiger partial charge >= 0.3 is 0 Å². The maximum atomic E-state index is 5.39. The van der Waals surface area contributed by atoms with Crippen molar-refractivity contribution in [3.63, 3.8) is 0 Å². The van der Waals surface area contributed by atoms with Crippen molar-refractivity contribution in [2.75, 3.05) is 6.61 Å². The fourth-order valence-electron chi connectivity index (χ4n) is 0.631. The Kier molecular flexibility index (Phi) is 5.26. The second-order valence-electron chi connectivity index (χ2n) is 3.13. The van der Waals surface area contributed by atoms with Crippen LogP contribution in [0.1, 0.15) is 27.7 Å². The zero-order chi connectivity index (χ0) is 9.45. The predicted molar refractivity (Wildman–Crippen MR) is 50.7 cm³/mol. The molecule has 0 unspecified atom stereocenters. The minimum absolute atomic E-state index is 0.258. The monoisotopic (exact) mass is 170 g/mol. The molecular formula is C10H18O2. The standard InChI is InChI=1S/C10H18O2/c1-5-7-11-9-10(3,4)12-8-6-2/h5-8H,9H2,1-4H3. The Balaban J connectivity index is 3.70. The van der Waals surface area contributed by atoms with Crippen molar-refractivity contribution >= 4 is 0 Å². The zero-order valence-corrected chi connectivity index (χ0v) is 8.33. The van der Waals surface area contributed by atoms with Gasteiger partial charge in [0.05, 0.1) is 12.5 Å². The van der Waals surface area contributed by atoms with E-state index in [0.29, 0.717) is 6.61 Å². The fraction of sp³-hybridized carbons (Fsp3) is 0.600.